The third kappa shape index (κ3) is 3.98. The molecule has 1 atom stereocenters. The summed E-state index contributed by atoms with van der Waals surface area (Å²) in [7, 11) is 0. The average molecular weight is 374 g/mol. The Morgan fingerprint density at radius 2 is 2.00 bits per heavy atom. The Labute approximate surface area is 158 Å². The maximum absolute atomic E-state index is 12.8. The summed E-state index contributed by atoms with van der Waals surface area (Å²) in [5, 5.41) is 5.26. The Hall–Kier alpha value is -2.14. The number of carbonyl (C=O) groups excluding carboxylic acids is 2. The predicted molar refractivity (Wildman–Crippen MR) is 102 cm³/mol. The van der Waals surface area contributed by atoms with Gasteiger partial charge in [0.2, 0.25) is 0 Å². The van der Waals surface area contributed by atoms with Crippen LogP contribution < -0.4 is 0 Å². The highest BCUT2D eigenvalue weighted by Gasteiger charge is 2.31. The lowest BCUT2D eigenvalue weighted by Crippen LogP contribution is -2.44. The molecule has 0 fully saturated rings. The summed E-state index contributed by atoms with van der Waals surface area (Å²) in [6, 6.07) is 9.23. The minimum atomic E-state index is -0.125. The molecule has 0 saturated heterocycles. The Kier molecular flexibility index (Phi) is 5.77. The lowest BCUT2D eigenvalue weighted by molar-refractivity contribution is -0.120. The van der Waals surface area contributed by atoms with Crippen LogP contribution in [-0.4, -0.2) is 39.5 Å². The number of nitrogens with zero attached hydrogens (tertiary/aromatic N) is 3. The summed E-state index contributed by atoms with van der Waals surface area (Å²) in [4.78, 5) is 26.7. The molecule has 138 valence electrons. The van der Waals surface area contributed by atoms with Crippen LogP contribution in [0.15, 0.2) is 30.3 Å². The highest BCUT2D eigenvalue weighted by atomic mass is 35.5. The second-order valence-corrected chi connectivity index (χ2v) is 7.33. The van der Waals surface area contributed by atoms with Crippen molar-refractivity contribution >= 4 is 23.3 Å². The number of halogens is 1. The van der Waals surface area contributed by atoms with Gasteiger partial charge in [-0.3, -0.25) is 14.3 Å². The molecule has 0 saturated carbocycles. The van der Waals surface area contributed by atoms with Crippen LogP contribution in [0.5, 0.6) is 0 Å². The van der Waals surface area contributed by atoms with Crippen LogP contribution in [0.1, 0.15) is 56.1 Å². The zero-order chi connectivity index (χ0) is 18.7. The van der Waals surface area contributed by atoms with Gasteiger partial charge < -0.3 is 4.90 Å². The van der Waals surface area contributed by atoms with Crippen molar-refractivity contribution in [2.45, 2.75) is 45.6 Å². The Morgan fingerprint density at radius 3 is 2.69 bits per heavy atom. The van der Waals surface area contributed by atoms with E-state index >= 15 is 0 Å². The second-order valence-electron chi connectivity index (χ2n) is 6.90. The summed E-state index contributed by atoms with van der Waals surface area (Å²) in [5.74, 6) is 0.00421. The van der Waals surface area contributed by atoms with Gasteiger partial charge in [0.15, 0.2) is 5.78 Å². The molecular weight excluding hydrogens is 350 g/mol. The first kappa shape index (κ1) is 18.6. The Bertz CT molecular complexity index is 798. The number of benzene rings is 1. The molecule has 3 rings (SSSR count). The Balaban J connectivity index is 1.76. The minimum absolute atomic E-state index is 0.0344. The number of rotatable bonds is 7. The van der Waals surface area contributed by atoms with Gasteiger partial charge in [-0.15, -0.1) is 0 Å². The molecule has 0 unspecified atom stereocenters. The highest BCUT2D eigenvalue weighted by Crippen LogP contribution is 2.27. The van der Waals surface area contributed by atoms with Crippen LogP contribution in [0.2, 0.25) is 5.02 Å². The molecule has 1 aromatic carbocycles. The number of aromatic nitrogens is 2. The molecule has 0 bridgehead atoms. The van der Waals surface area contributed by atoms with Crippen molar-refractivity contribution in [1.29, 1.82) is 0 Å². The fourth-order valence-corrected chi connectivity index (χ4v) is 3.42. The number of ketones is 1. The molecule has 1 aliphatic heterocycles. The van der Waals surface area contributed by atoms with Gasteiger partial charge in [-0.25, -0.2) is 0 Å². The largest absolute Gasteiger partial charge is 0.328 e. The lowest BCUT2D eigenvalue weighted by atomic mass is 10.1. The molecule has 1 amide bonds. The first-order valence-electron chi connectivity index (χ1n) is 9.16. The maximum Gasteiger partial charge on any atom is 0.272 e. The summed E-state index contributed by atoms with van der Waals surface area (Å²) in [6.07, 6.45) is 3.57. The first-order chi connectivity index (χ1) is 12.5. The van der Waals surface area contributed by atoms with E-state index in [0.29, 0.717) is 23.7 Å². The van der Waals surface area contributed by atoms with E-state index in [9.17, 15) is 9.59 Å². The molecule has 1 aromatic heterocycles. The van der Waals surface area contributed by atoms with Gasteiger partial charge in [-0.05, 0) is 31.5 Å². The van der Waals surface area contributed by atoms with E-state index in [1.807, 2.05) is 31.2 Å². The maximum atomic E-state index is 12.8. The van der Waals surface area contributed by atoms with Crippen molar-refractivity contribution in [3.63, 3.8) is 0 Å². The quantitative estimate of drug-likeness (QED) is 0.677. The predicted octanol–water partition coefficient (Wildman–Crippen LogP) is 4.37. The summed E-state index contributed by atoms with van der Waals surface area (Å²) in [5.41, 5.74) is 2.20. The number of Topliss-reactive ketones (excluding diaryl/α,β-unsaturated/α-hetero) is 1. The van der Waals surface area contributed by atoms with Crippen molar-refractivity contribution in [1.82, 2.24) is 14.7 Å². The molecule has 6 heteroatoms. The van der Waals surface area contributed by atoms with E-state index in [1.165, 1.54) is 0 Å². The highest BCUT2D eigenvalue weighted by molar-refractivity contribution is 6.30. The SMILES string of the molecule is CCCCCC(=O)CN1C[C@H](C)n2nc(-c3ccc(Cl)cc3)cc2C1=O. The van der Waals surface area contributed by atoms with Crippen LogP contribution >= 0.6 is 11.6 Å². The summed E-state index contributed by atoms with van der Waals surface area (Å²) < 4.78 is 1.77. The number of carbonyl (C=O) groups is 2. The van der Waals surface area contributed by atoms with Crippen molar-refractivity contribution in [2.75, 3.05) is 13.1 Å². The van der Waals surface area contributed by atoms with Crippen LogP contribution in [0.3, 0.4) is 0 Å². The van der Waals surface area contributed by atoms with E-state index in [2.05, 4.69) is 12.0 Å². The van der Waals surface area contributed by atoms with Gasteiger partial charge >= 0.3 is 0 Å². The molecule has 0 N–H and O–H groups in total. The second kappa shape index (κ2) is 8.04. The van der Waals surface area contributed by atoms with Gasteiger partial charge in [-0.2, -0.15) is 5.10 Å². The van der Waals surface area contributed by atoms with Crippen molar-refractivity contribution in [3.05, 3.63) is 41.0 Å². The average Bonchev–Trinajstić information content (AvgIpc) is 3.06. The van der Waals surface area contributed by atoms with Crippen LogP contribution in [-0.2, 0) is 4.79 Å². The van der Waals surface area contributed by atoms with E-state index in [4.69, 9.17) is 11.6 Å². The van der Waals surface area contributed by atoms with Gasteiger partial charge in [0.1, 0.15) is 5.69 Å². The lowest BCUT2D eigenvalue weighted by Gasteiger charge is -2.31. The summed E-state index contributed by atoms with van der Waals surface area (Å²) in [6.45, 7) is 4.82. The number of hydrogen-bond acceptors (Lipinski definition) is 3. The number of hydrogen-bond donors (Lipinski definition) is 0. The number of amides is 1. The fourth-order valence-electron chi connectivity index (χ4n) is 3.29. The molecule has 2 heterocycles. The van der Waals surface area contributed by atoms with Gasteiger partial charge in [0.05, 0.1) is 18.3 Å². The first-order valence-corrected chi connectivity index (χ1v) is 9.54. The molecule has 0 spiro atoms. The van der Waals surface area contributed by atoms with Crippen LogP contribution in [0.25, 0.3) is 11.3 Å². The normalized spacial score (nSPS) is 16.7. The molecular formula is C20H24ClN3O2. The third-order valence-corrected chi connectivity index (χ3v) is 4.96. The molecule has 2 aromatic rings. The van der Waals surface area contributed by atoms with Crippen LogP contribution in [0, 0.1) is 0 Å². The standard InChI is InChI=1S/C20H24ClN3O2/c1-3-4-5-6-17(25)13-23-12-14(2)24-19(20(23)26)11-18(22-24)15-7-9-16(21)10-8-15/h7-11,14H,3-6,12-13H2,1-2H3/t14-/m0/s1. The van der Waals surface area contributed by atoms with Crippen molar-refractivity contribution < 1.29 is 9.59 Å². The molecule has 1 aliphatic rings. The van der Waals surface area contributed by atoms with Crippen molar-refractivity contribution in [3.8, 4) is 11.3 Å². The van der Waals surface area contributed by atoms with Gasteiger partial charge in [0, 0.05) is 23.6 Å². The topological polar surface area (TPSA) is 55.2 Å². The van der Waals surface area contributed by atoms with E-state index in [1.54, 1.807) is 15.6 Å². The van der Waals surface area contributed by atoms with E-state index in [-0.39, 0.29) is 24.3 Å². The van der Waals surface area contributed by atoms with Gasteiger partial charge in [0.25, 0.3) is 5.91 Å². The molecule has 0 aliphatic carbocycles. The zero-order valence-electron chi connectivity index (χ0n) is 15.2. The zero-order valence-corrected chi connectivity index (χ0v) is 16.0. The minimum Gasteiger partial charge on any atom is -0.328 e. The smallest absolute Gasteiger partial charge is 0.272 e. The Morgan fingerprint density at radius 1 is 1.27 bits per heavy atom. The third-order valence-electron chi connectivity index (χ3n) is 4.71. The van der Waals surface area contributed by atoms with Crippen molar-refractivity contribution in [2.24, 2.45) is 0 Å². The number of fused-ring (bicyclic) bond motifs is 1. The molecule has 26 heavy (non-hydrogen) atoms. The van der Waals surface area contributed by atoms with Gasteiger partial charge in [-0.1, -0.05) is 43.5 Å². The summed E-state index contributed by atoms with van der Waals surface area (Å²) >= 11 is 5.94. The number of unbranched alkanes of at least 4 members (excludes halogenated alkanes) is 2. The molecule has 5 nitrogen and oxygen atoms in total. The van der Waals surface area contributed by atoms with Crippen LogP contribution in [0.4, 0.5) is 0 Å². The van der Waals surface area contributed by atoms with E-state index < -0.39 is 0 Å². The van der Waals surface area contributed by atoms with E-state index in [0.717, 1.165) is 30.5 Å². The monoisotopic (exact) mass is 373 g/mol. The fraction of sp³-hybridized carbons (Fsp3) is 0.450. The molecule has 0 radical (unpaired) electrons.